The second-order valence-electron chi connectivity index (χ2n) is 9.55. The van der Waals surface area contributed by atoms with E-state index in [0.717, 1.165) is 25.1 Å². The lowest BCUT2D eigenvalue weighted by molar-refractivity contribution is 0.104. The second-order valence-corrected chi connectivity index (χ2v) is 11.5. The predicted molar refractivity (Wildman–Crippen MR) is 118 cm³/mol. The Labute approximate surface area is 196 Å². The summed E-state index contributed by atoms with van der Waals surface area (Å²) in [6, 6.07) is 0.146. The lowest BCUT2D eigenvalue weighted by Crippen LogP contribution is -2.49. The maximum atomic E-state index is 14.4. The van der Waals surface area contributed by atoms with E-state index >= 15 is 0 Å². The average molecular weight is 497 g/mol. The number of aliphatic hydroxyl groups is 1. The molecule has 0 amide bonds. The van der Waals surface area contributed by atoms with E-state index in [2.05, 4.69) is 30.2 Å². The van der Waals surface area contributed by atoms with Crippen LogP contribution in [-0.4, -0.2) is 59.2 Å². The van der Waals surface area contributed by atoms with Crippen molar-refractivity contribution < 1.29 is 18.1 Å². The number of alkyl halides is 2. The van der Waals surface area contributed by atoms with Crippen LogP contribution < -0.4 is 10.2 Å². The number of anilines is 2. The molecule has 1 saturated heterocycles. The number of hydrogen-bond donors (Lipinski definition) is 2. The standard InChI is InChI=1S/C21H23ClF2N6O2S/c22-12-7-25-17(26-8-12)14-5-13-4-11(14)9-30(13)19-27-15-6-21(23,24)33(32)16(15)18(28-19)29-20(10-31)2-1-3-20/h7-8,11,13-14,31H,1-6,9-10H2,(H,27,28,29)/t11?,13?,14?,33-/m0/s1. The Morgan fingerprint density at radius 2 is 2.00 bits per heavy atom. The van der Waals surface area contributed by atoms with Crippen molar-refractivity contribution in [1.82, 2.24) is 19.9 Å². The predicted octanol–water partition coefficient (Wildman–Crippen LogP) is 2.89. The van der Waals surface area contributed by atoms with Crippen LogP contribution in [0.15, 0.2) is 17.3 Å². The van der Waals surface area contributed by atoms with Gasteiger partial charge in [0.05, 0.1) is 29.3 Å². The summed E-state index contributed by atoms with van der Waals surface area (Å²) < 4.78 is 41.3. The van der Waals surface area contributed by atoms with E-state index in [4.69, 9.17) is 11.6 Å². The lowest BCUT2D eigenvalue weighted by Gasteiger charge is -2.41. The normalized spacial score (nSPS) is 30.8. The fourth-order valence-corrected chi connectivity index (χ4v) is 6.90. The minimum atomic E-state index is -3.38. The Morgan fingerprint density at radius 3 is 2.61 bits per heavy atom. The molecule has 8 nitrogen and oxygen atoms in total. The van der Waals surface area contributed by atoms with E-state index in [-0.39, 0.29) is 35.0 Å². The third kappa shape index (κ3) is 3.42. The Kier molecular flexibility index (Phi) is 4.90. The fourth-order valence-electron chi connectivity index (χ4n) is 5.63. The summed E-state index contributed by atoms with van der Waals surface area (Å²) in [5.74, 6) is 1.82. The van der Waals surface area contributed by atoms with Gasteiger partial charge in [-0.2, -0.15) is 13.8 Å². The number of rotatable bonds is 5. The number of fused-ring (bicyclic) bond motifs is 3. The molecule has 3 unspecified atom stereocenters. The molecule has 2 aliphatic carbocycles. The molecule has 12 heteroatoms. The van der Waals surface area contributed by atoms with Crippen LogP contribution in [0.2, 0.25) is 5.02 Å². The SMILES string of the molecule is O=[S@]1c2c(nc(N3CC4CC3CC4c3ncc(Cl)cn3)nc2NC2(CO)CCC2)CC1(F)F. The smallest absolute Gasteiger partial charge is 0.331 e. The first kappa shape index (κ1) is 21.5. The Hall–Kier alpha value is -1.98. The third-order valence-corrected chi connectivity index (χ3v) is 9.20. The van der Waals surface area contributed by atoms with Crippen molar-refractivity contribution in [2.75, 3.05) is 23.4 Å². The minimum absolute atomic E-state index is 0.0275. The van der Waals surface area contributed by atoms with E-state index in [1.165, 1.54) is 0 Å². The van der Waals surface area contributed by atoms with E-state index < -0.39 is 28.0 Å². The zero-order valence-corrected chi connectivity index (χ0v) is 19.2. The van der Waals surface area contributed by atoms with Gasteiger partial charge in [-0.15, -0.1) is 0 Å². The van der Waals surface area contributed by atoms with Crippen LogP contribution in [0, 0.1) is 5.92 Å². The summed E-state index contributed by atoms with van der Waals surface area (Å²) in [7, 11) is -2.53. The number of aliphatic hydroxyl groups excluding tert-OH is 1. The van der Waals surface area contributed by atoms with Crippen LogP contribution in [0.25, 0.3) is 0 Å². The topological polar surface area (TPSA) is 104 Å². The van der Waals surface area contributed by atoms with Gasteiger partial charge in [0.1, 0.15) is 27.3 Å². The summed E-state index contributed by atoms with van der Waals surface area (Å²) in [6.07, 6.45) is 6.61. The zero-order chi connectivity index (χ0) is 23.0. The molecule has 176 valence electrons. The highest BCUT2D eigenvalue weighted by Gasteiger charge is 2.52. The molecular formula is C21H23ClF2N6O2S. The molecule has 4 atom stereocenters. The van der Waals surface area contributed by atoms with Crippen LogP contribution in [0.1, 0.15) is 49.5 Å². The number of nitrogens with one attached hydrogen (secondary N) is 1. The molecule has 2 bridgehead atoms. The van der Waals surface area contributed by atoms with Gasteiger partial charge in [-0.1, -0.05) is 11.6 Å². The van der Waals surface area contributed by atoms with Gasteiger partial charge < -0.3 is 15.3 Å². The largest absolute Gasteiger partial charge is 0.394 e. The number of nitrogens with zero attached hydrogens (tertiary/aromatic N) is 5. The van der Waals surface area contributed by atoms with E-state index in [0.29, 0.717) is 36.3 Å². The second kappa shape index (κ2) is 7.51. The first-order valence-electron chi connectivity index (χ1n) is 11.1. The van der Waals surface area contributed by atoms with Crippen molar-refractivity contribution in [3.63, 3.8) is 0 Å². The molecule has 2 aromatic heterocycles. The molecule has 4 heterocycles. The van der Waals surface area contributed by atoms with Crippen molar-refractivity contribution in [3.05, 3.63) is 28.9 Å². The number of aromatic nitrogens is 4. The molecule has 2 aliphatic heterocycles. The summed E-state index contributed by atoms with van der Waals surface area (Å²) in [5, 5.41) is 10.2. The van der Waals surface area contributed by atoms with Crippen molar-refractivity contribution in [3.8, 4) is 0 Å². The van der Waals surface area contributed by atoms with Crippen LogP contribution in [0.5, 0.6) is 0 Å². The zero-order valence-electron chi connectivity index (χ0n) is 17.7. The minimum Gasteiger partial charge on any atom is -0.394 e. The van der Waals surface area contributed by atoms with Gasteiger partial charge in [0.2, 0.25) is 5.95 Å². The summed E-state index contributed by atoms with van der Waals surface area (Å²) >= 11 is 5.92. The number of piperidine rings is 1. The van der Waals surface area contributed by atoms with E-state index in [1.54, 1.807) is 12.4 Å². The highest BCUT2D eigenvalue weighted by molar-refractivity contribution is 7.86. The first-order valence-corrected chi connectivity index (χ1v) is 12.7. The van der Waals surface area contributed by atoms with Crippen molar-refractivity contribution in [2.24, 2.45) is 5.92 Å². The van der Waals surface area contributed by atoms with Gasteiger partial charge in [-0.05, 0) is 38.0 Å². The number of halogens is 3. The van der Waals surface area contributed by atoms with Crippen LogP contribution in [0.4, 0.5) is 20.5 Å². The molecule has 33 heavy (non-hydrogen) atoms. The molecule has 3 fully saturated rings. The molecule has 0 spiro atoms. The maximum Gasteiger partial charge on any atom is 0.331 e. The highest BCUT2D eigenvalue weighted by Crippen LogP contribution is 2.49. The molecule has 2 aromatic rings. The number of hydrogen-bond acceptors (Lipinski definition) is 8. The molecule has 0 radical (unpaired) electrons. The Morgan fingerprint density at radius 1 is 1.24 bits per heavy atom. The fraction of sp³-hybridized carbons (Fsp3) is 0.619. The van der Waals surface area contributed by atoms with Gasteiger partial charge in [-0.25, -0.2) is 19.2 Å². The average Bonchev–Trinajstić information content (AvgIpc) is 3.43. The highest BCUT2D eigenvalue weighted by atomic mass is 35.5. The van der Waals surface area contributed by atoms with Gasteiger partial charge in [-0.3, -0.25) is 0 Å². The first-order chi connectivity index (χ1) is 15.8. The molecule has 4 aliphatic rings. The maximum absolute atomic E-state index is 14.4. The third-order valence-electron chi connectivity index (χ3n) is 7.52. The van der Waals surface area contributed by atoms with E-state index in [1.807, 2.05) is 0 Å². The summed E-state index contributed by atoms with van der Waals surface area (Å²) in [5.41, 5.74) is -0.485. The van der Waals surface area contributed by atoms with E-state index in [9.17, 15) is 18.1 Å². The monoisotopic (exact) mass is 496 g/mol. The Bertz CT molecular complexity index is 1130. The molecule has 2 N–H and O–H groups in total. The molecular weight excluding hydrogens is 474 g/mol. The van der Waals surface area contributed by atoms with Crippen molar-refractivity contribution in [2.45, 2.75) is 66.2 Å². The van der Waals surface area contributed by atoms with Gasteiger partial charge in [0, 0.05) is 30.9 Å². The van der Waals surface area contributed by atoms with Crippen molar-refractivity contribution >= 4 is 34.2 Å². The van der Waals surface area contributed by atoms with Crippen molar-refractivity contribution in [1.29, 1.82) is 0 Å². The van der Waals surface area contributed by atoms with Crippen LogP contribution >= 0.6 is 11.6 Å². The Balaban J connectivity index is 1.31. The lowest BCUT2D eigenvalue weighted by atomic mass is 9.77. The van der Waals surface area contributed by atoms with Gasteiger partial charge in [0.15, 0.2) is 0 Å². The quantitative estimate of drug-likeness (QED) is 0.651. The van der Waals surface area contributed by atoms with Gasteiger partial charge in [0.25, 0.3) is 0 Å². The van der Waals surface area contributed by atoms with Crippen LogP contribution in [0.3, 0.4) is 0 Å². The molecule has 6 rings (SSSR count). The molecule has 0 aromatic carbocycles. The summed E-state index contributed by atoms with van der Waals surface area (Å²) in [6.45, 7) is 0.533. The van der Waals surface area contributed by atoms with Gasteiger partial charge >= 0.3 is 5.25 Å². The summed E-state index contributed by atoms with van der Waals surface area (Å²) in [4.78, 5) is 19.9. The molecule has 2 saturated carbocycles. The van der Waals surface area contributed by atoms with Crippen LogP contribution in [-0.2, 0) is 17.2 Å².